The molecule has 0 spiro atoms. The molecular weight excluding hydrogens is 276 g/mol. The minimum absolute atomic E-state index is 0.0830. The van der Waals surface area contributed by atoms with Gasteiger partial charge in [-0.15, -0.1) is 0 Å². The zero-order chi connectivity index (χ0) is 15.7. The number of fused-ring (bicyclic) bond motifs is 5. The van der Waals surface area contributed by atoms with Crippen LogP contribution < -0.4 is 0 Å². The van der Waals surface area contributed by atoms with Gasteiger partial charge in [-0.05, 0) is 48.9 Å². The quantitative estimate of drug-likeness (QED) is 0.689. The third-order valence-corrected chi connectivity index (χ3v) is 8.00. The maximum absolute atomic E-state index is 12.9. The van der Waals surface area contributed by atoms with E-state index in [0.29, 0.717) is 49.0 Å². The van der Waals surface area contributed by atoms with E-state index in [4.69, 9.17) is 0 Å². The lowest BCUT2D eigenvalue weighted by atomic mass is 9.45. The van der Waals surface area contributed by atoms with Gasteiger partial charge in [0, 0.05) is 37.0 Å². The van der Waals surface area contributed by atoms with Gasteiger partial charge in [0.2, 0.25) is 0 Å². The first-order valence-corrected chi connectivity index (χ1v) is 8.94. The number of Topliss-reactive ketones (excluding diaryl/α,β-unsaturated/α-hetero) is 3. The minimum atomic E-state index is -0.246. The molecule has 0 aromatic heterocycles. The lowest BCUT2D eigenvalue weighted by molar-refractivity contribution is -0.158. The highest BCUT2D eigenvalue weighted by atomic mass is 16.1. The van der Waals surface area contributed by atoms with Crippen LogP contribution in [0.4, 0.5) is 0 Å². The highest BCUT2D eigenvalue weighted by Gasteiger charge is 2.62. The van der Waals surface area contributed by atoms with Gasteiger partial charge in [0.15, 0.2) is 0 Å². The SMILES string of the molecule is C[C@]12CCC3C(C(=O)C[C@H]4CC(=O)CC[C@]34C)C1CCC2=O. The van der Waals surface area contributed by atoms with Crippen molar-refractivity contribution in [3.8, 4) is 0 Å². The second kappa shape index (κ2) is 4.52. The van der Waals surface area contributed by atoms with Gasteiger partial charge in [-0.25, -0.2) is 0 Å². The molecule has 22 heavy (non-hydrogen) atoms. The van der Waals surface area contributed by atoms with Crippen molar-refractivity contribution < 1.29 is 14.4 Å². The van der Waals surface area contributed by atoms with Crippen LogP contribution in [0.25, 0.3) is 0 Å². The van der Waals surface area contributed by atoms with Crippen molar-refractivity contribution in [1.29, 1.82) is 0 Å². The molecule has 0 aromatic rings. The van der Waals surface area contributed by atoms with Crippen LogP contribution in [0.1, 0.15) is 65.2 Å². The number of carbonyl (C=O) groups is 3. The largest absolute Gasteiger partial charge is 0.300 e. The van der Waals surface area contributed by atoms with Gasteiger partial charge in [-0.2, -0.15) is 0 Å². The molecule has 6 atom stereocenters. The summed E-state index contributed by atoms with van der Waals surface area (Å²) in [5, 5.41) is 0. The smallest absolute Gasteiger partial charge is 0.139 e. The number of rotatable bonds is 0. The molecule has 4 aliphatic carbocycles. The molecule has 0 bridgehead atoms. The van der Waals surface area contributed by atoms with E-state index in [9.17, 15) is 14.4 Å². The summed E-state index contributed by atoms with van der Waals surface area (Å²) in [4.78, 5) is 37.1. The molecule has 4 aliphatic rings. The summed E-state index contributed by atoms with van der Waals surface area (Å²) < 4.78 is 0. The Morgan fingerprint density at radius 1 is 0.909 bits per heavy atom. The van der Waals surface area contributed by atoms with Crippen LogP contribution in [0.5, 0.6) is 0 Å². The Labute approximate surface area is 132 Å². The second-order valence-corrected chi connectivity index (χ2v) is 8.77. The number of ketones is 3. The van der Waals surface area contributed by atoms with Crippen LogP contribution in [0.2, 0.25) is 0 Å². The molecule has 3 heteroatoms. The Hall–Kier alpha value is -0.990. The van der Waals surface area contributed by atoms with Gasteiger partial charge in [-0.3, -0.25) is 14.4 Å². The van der Waals surface area contributed by atoms with Crippen molar-refractivity contribution in [2.75, 3.05) is 0 Å². The van der Waals surface area contributed by atoms with E-state index in [1.54, 1.807) is 0 Å². The first kappa shape index (κ1) is 14.6. The lowest BCUT2D eigenvalue weighted by Gasteiger charge is -2.58. The number of hydrogen-bond acceptors (Lipinski definition) is 3. The Balaban J connectivity index is 1.72. The highest BCUT2D eigenvalue weighted by Crippen LogP contribution is 2.64. The molecule has 3 unspecified atom stereocenters. The molecule has 0 amide bonds. The molecule has 4 rings (SSSR count). The predicted molar refractivity (Wildman–Crippen MR) is 82.1 cm³/mol. The van der Waals surface area contributed by atoms with E-state index in [0.717, 1.165) is 25.7 Å². The minimum Gasteiger partial charge on any atom is -0.300 e. The fraction of sp³-hybridized carbons (Fsp3) is 0.842. The fourth-order valence-electron chi connectivity index (χ4n) is 6.50. The standard InChI is InChI=1S/C19H26O3/c1-18-7-5-12(20)9-11(18)10-15(21)17-13-3-4-16(22)19(13,2)8-6-14(17)18/h11,13-14,17H,3-10H2,1-2H3/t11-,13?,14?,17?,18+,19+/m1/s1. The van der Waals surface area contributed by atoms with Crippen LogP contribution in [-0.2, 0) is 14.4 Å². The maximum atomic E-state index is 12.9. The average molecular weight is 302 g/mol. The van der Waals surface area contributed by atoms with Crippen molar-refractivity contribution in [2.24, 2.45) is 34.5 Å². The molecule has 3 nitrogen and oxygen atoms in total. The molecule has 0 aromatic carbocycles. The summed E-state index contributed by atoms with van der Waals surface area (Å²) >= 11 is 0. The molecule has 120 valence electrons. The van der Waals surface area contributed by atoms with Gasteiger partial charge < -0.3 is 0 Å². The van der Waals surface area contributed by atoms with Gasteiger partial charge in [-0.1, -0.05) is 13.8 Å². The third-order valence-electron chi connectivity index (χ3n) is 8.00. The molecule has 4 fully saturated rings. The number of hydrogen-bond donors (Lipinski definition) is 0. The molecule has 0 heterocycles. The van der Waals surface area contributed by atoms with Crippen LogP contribution >= 0.6 is 0 Å². The first-order chi connectivity index (χ1) is 10.4. The van der Waals surface area contributed by atoms with E-state index in [-0.39, 0.29) is 28.6 Å². The Kier molecular flexibility index (Phi) is 3.00. The average Bonchev–Trinajstić information content (AvgIpc) is 2.77. The lowest BCUT2D eigenvalue weighted by Crippen LogP contribution is -2.57. The summed E-state index contributed by atoms with van der Waals surface area (Å²) in [7, 11) is 0. The maximum Gasteiger partial charge on any atom is 0.139 e. The van der Waals surface area contributed by atoms with Crippen molar-refractivity contribution >= 4 is 17.3 Å². The summed E-state index contributed by atoms with van der Waals surface area (Å²) in [5.74, 6) is 2.08. The Bertz CT molecular complexity index is 565. The van der Waals surface area contributed by atoms with Crippen molar-refractivity contribution in [3.63, 3.8) is 0 Å². The van der Waals surface area contributed by atoms with E-state index < -0.39 is 0 Å². The third kappa shape index (κ3) is 1.71. The zero-order valence-corrected chi connectivity index (χ0v) is 13.7. The molecule has 0 saturated heterocycles. The first-order valence-electron chi connectivity index (χ1n) is 8.94. The van der Waals surface area contributed by atoms with E-state index >= 15 is 0 Å². The van der Waals surface area contributed by atoms with Crippen molar-refractivity contribution in [3.05, 3.63) is 0 Å². The zero-order valence-electron chi connectivity index (χ0n) is 13.7. The number of carbonyl (C=O) groups excluding carboxylic acids is 3. The molecule has 4 saturated carbocycles. The Morgan fingerprint density at radius 3 is 2.45 bits per heavy atom. The van der Waals surface area contributed by atoms with Crippen molar-refractivity contribution in [1.82, 2.24) is 0 Å². The highest BCUT2D eigenvalue weighted by molar-refractivity contribution is 5.91. The van der Waals surface area contributed by atoms with Gasteiger partial charge >= 0.3 is 0 Å². The fourth-order valence-corrected chi connectivity index (χ4v) is 6.50. The molecule has 0 N–H and O–H groups in total. The van der Waals surface area contributed by atoms with Gasteiger partial charge in [0.05, 0.1) is 0 Å². The molecule has 0 aliphatic heterocycles. The van der Waals surface area contributed by atoms with Crippen LogP contribution in [0.3, 0.4) is 0 Å². The van der Waals surface area contributed by atoms with E-state index in [2.05, 4.69) is 13.8 Å². The Morgan fingerprint density at radius 2 is 1.68 bits per heavy atom. The van der Waals surface area contributed by atoms with Crippen molar-refractivity contribution in [2.45, 2.75) is 65.2 Å². The summed E-state index contributed by atoms with van der Waals surface area (Å²) in [6.45, 7) is 4.43. The van der Waals surface area contributed by atoms with Crippen LogP contribution in [0.15, 0.2) is 0 Å². The van der Waals surface area contributed by atoms with E-state index in [1.165, 1.54) is 0 Å². The monoisotopic (exact) mass is 302 g/mol. The van der Waals surface area contributed by atoms with Crippen LogP contribution in [-0.4, -0.2) is 17.3 Å². The summed E-state index contributed by atoms with van der Waals surface area (Å²) in [6.07, 6.45) is 6.32. The normalized spacial score (nSPS) is 51.3. The summed E-state index contributed by atoms with van der Waals surface area (Å²) in [6, 6.07) is 0. The predicted octanol–water partition coefficient (Wildman–Crippen LogP) is 3.35. The van der Waals surface area contributed by atoms with Crippen LogP contribution in [0, 0.1) is 34.5 Å². The summed E-state index contributed by atoms with van der Waals surface area (Å²) in [5.41, 5.74) is -0.107. The second-order valence-electron chi connectivity index (χ2n) is 8.77. The van der Waals surface area contributed by atoms with Gasteiger partial charge in [0.25, 0.3) is 0 Å². The topological polar surface area (TPSA) is 51.2 Å². The van der Waals surface area contributed by atoms with Gasteiger partial charge in [0.1, 0.15) is 17.3 Å². The van der Waals surface area contributed by atoms with E-state index in [1.807, 2.05) is 0 Å². The molecule has 0 radical (unpaired) electrons. The molecular formula is C19H26O3.